The Hall–Kier alpha value is -1.86. The lowest BCUT2D eigenvalue weighted by Crippen LogP contribution is -2.36. The minimum atomic E-state index is -0.517. The number of halogens is 1. The number of aliphatic hydroxyl groups is 1. The third-order valence-electron chi connectivity index (χ3n) is 4.32. The average Bonchev–Trinajstić information content (AvgIpc) is 3.22. The molecular formula is C19H24BrN3O3. The SMILES string of the molecule is CC(C)(C)OC(=O)N1CCCC1c1ncc(-c2ccc(Br)c(CO)c2)[nH]1. The Morgan fingerprint density at radius 2 is 2.23 bits per heavy atom. The van der Waals surface area contributed by atoms with Gasteiger partial charge in [0.15, 0.2) is 0 Å². The lowest BCUT2D eigenvalue weighted by Gasteiger charge is -2.27. The van der Waals surface area contributed by atoms with E-state index in [4.69, 9.17) is 4.74 Å². The molecule has 1 aliphatic heterocycles. The molecule has 6 nitrogen and oxygen atoms in total. The molecule has 2 heterocycles. The molecule has 0 radical (unpaired) electrons. The maximum Gasteiger partial charge on any atom is 0.410 e. The molecule has 7 heteroatoms. The van der Waals surface area contributed by atoms with Crippen molar-refractivity contribution in [2.24, 2.45) is 0 Å². The summed E-state index contributed by atoms with van der Waals surface area (Å²) in [5, 5.41) is 9.44. The summed E-state index contributed by atoms with van der Waals surface area (Å²) in [6.07, 6.45) is 3.25. The lowest BCUT2D eigenvalue weighted by atomic mass is 10.1. The number of aromatic amines is 1. The van der Waals surface area contributed by atoms with Gasteiger partial charge in [0.25, 0.3) is 0 Å². The van der Waals surface area contributed by atoms with Gasteiger partial charge in [-0.3, -0.25) is 4.90 Å². The van der Waals surface area contributed by atoms with Crippen molar-refractivity contribution in [1.82, 2.24) is 14.9 Å². The predicted octanol–water partition coefficient (Wildman–Crippen LogP) is 4.40. The summed E-state index contributed by atoms with van der Waals surface area (Å²) in [6.45, 7) is 6.24. The van der Waals surface area contributed by atoms with Gasteiger partial charge in [-0.25, -0.2) is 9.78 Å². The summed E-state index contributed by atoms with van der Waals surface area (Å²) >= 11 is 3.43. The maximum absolute atomic E-state index is 12.5. The quantitative estimate of drug-likeness (QED) is 0.769. The molecule has 2 N–H and O–H groups in total. The van der Waals surface area contributed by atoms with E-state index in [1.807, 2.05) is 39.0 Å². The van der Waals surface area contributed by atoms with Crippen LogP contribution in [0.3, 0.4) is 0 Å². The Labute approximate surface area is 161 Å². The van der Waals surface area contributed by atoms with E-state index in [9.17, 15) is 9.90 Å². The molecule has 140 valence electrons. The summed E-state index contributed by atoms with van der Waals surface area (Å²) in [7, 11) is 0. The van der Waals surface area contributed by atoms with Crippen molar-refractivity contribution in [3.8, 4) is 11.3 Å². The van der Waals surface area contributed by atoms with Gasteiger partial charge in [0.05, 0.1) is 24.5 Å². The van der Waals surface area contributed by atoms with Crippen molar-refractivity contribution >= 4 is 22.0 Å². The fourth-order valence-electron chi connectivity index (χ4n) is 3.11. The number of nitrogens with one attached hydrogen (secondary N) is 1. The van der Waals surface area contributed by atoms with E-state index in [1.165, 1.54) is 0 Å². The van der Waals surface area contributed by atoms with Crippen molar-refractivity contribution < 1.29 is 14.6 Å². The standard InChI is InChI=1S/C19H24BrN3O3/c1-19(2,3)26-18(25)23-8-4-5-16(23)17-21-10-15(22-17)12-6-7-14(20)13(9-12)11-24/h6-7,9-10,16,24H,4-5,8,11H2,1-3H3,(H,21,22). The van der Waals surface area contributed by atoms with E-state index >= 15 is 0 Å². The Morgan fingerprint density at radius 3 is 2.92 bits per heavy atom. The number of rotatable bonds is 3. The Kier molecular flexibility index (Phi) is 5.39. The summed E-state index contributed by atoms with van der Waals surface area (Å²) in [6, 6.07) is 5.68. The normalized spacial score (nSPS) is 17.6. The molecular weight excluding hydrogens is 398 g/mol. The van der Waals surface area contributed by atoms with Crippen LogP contribution in [-0.4, -0.2) is 38.2 Å². The first kappa shape index (κ1) is 18.9. The highest BCUT2D eigenvalue weighted by Gasteiger charge is 2.34. The zero-order valence-corrected chi connectivity index (χ0v) is 16.8. The van der Waals surface area contributed by atoms with Crippen molar-refractivity contribution in [2.45, 2.75) is 51.9 Å². The number of likely N-dealkylation sites (tertiary alicyclic amines) is 1. The second-order valence-electron chi connectivity index (χ2n) is 7.48. The highest BCUT2D eigenvalue weighted by molar-refractivity contribution is 9.10. The largest absolute Gasteiger partial charge is 0.444 e. The van der Waals surface area contributed by atoms with Crippen LogP contribution in [-0.2, 0) is 11.3 Å². The first-order chi connectivity index (χ1) is 12.3. The minimum absolute atomic E-state index is 0.0372. The summed E-state index contributed by atoms with van der Waals surface area (Å²) in [5.41, 5.74) is 2.10. The van der Waals surface area contributed by atoms with Gasteiger partial charge < -0.3 is 14.8 Å². The number of carbonyl (C=O) groups excluding carboxylic acids is 1. The first-order valence-electron chi connectivity index (χ1n) is 8.72. The van der Waals surface area contributed by atoms with Crippen LogP contribution in [0.25, 0.3) is 11.3 Å². The minimum Gasteiger partial charge on any atom is -0.444 e. The van der Waals surface area contributed by atoms with Crippen molar-refractivity contribution in [3.05, 3.63) is 40.3 Å². The van der Waals surface area contributed by atoms with Gasteiger partial charge >= 0.3 is 6.09 Å². The van der Waals surface area contributed by atoms with Crippen molar-refractivity contribution in [3.63, 3.8) is 0 Å². The summed E-state index contributed by atoms with van der Waals surface area (Å²) in [4.78, 5) is 22.1. The molecule has 1 amide bonds. The molecule has 1 unspecified atom stereocenters. The van der Waals surface area contributed by atoms with Crippen LogP contribution in [0.15, 0.2) is 28.9 Å². The number of aliphatic hydroxyl groups excluding tert-OH is 1. The fourth-order valence-corrected chi connectivity index (χ4v) is 3.48. The van der Waals surface area contributed by atoms with Crippen LogP contribution in [0.4, 0.5) is 4.79 Å². The Bertz CT molecular complexity index is 798. The van der Waals surface area contributed by atoms with Gasteiger partial charge in [0, 0.05) is 11.0 Å². The molecule has 1 aromatic carbocycles. The van der Waals surface area contributed by atoms with Gasteiger partial charge in [0.2, 0.25) is 0 Å². The number of ether oxygens (including phenoxy) is 1. The van der Waals surface area contributed by atoms with Crippen LogP contribution in [0, 0.1) is 0 Å². The summed E-state index contributed by atoms with van der Waals surface area (Å²) in [5.74, 6) is 0.761. The molecule has 3 rings (SSSR count). The van der Waals surface area contributed by atoms with E-state index in [-0.39, 0.29) is 18.7 Å². The highest BCUT2D eigenvalue weighted by atomic mass is 79.9. The number of hydrogen-bond acceptors (Lipinski definition) is 4. The maximum atomic E-state index is 12.5. The zero-order chi connectivity index (χ0) is 18.9. The van der Waals surface area contributed by atoms with Crippen LogP contribution in [0.5, 0.6) is 0 Å². The van der Waals surface area contributed by atoms with Gasteiger partial charge in [-0.15, -0.1) is 0 Å². The summed E-state index contributed by atoms with van der Waals surface area (Å²) < 4.78 is 6.39. The number of imidazole rings is 1. The molecule has 1 aromatic heterocycles. The van der Waals surface area contributed by atoms with Crippen LogP contribution >= 0.6 is 15.9 Å². The van der Waals surface area contributed by atoms with Gasteiger partial charge in [-0.1, -0.05) is 22.0 Å². The second kappa shape index (κ2) is 7.40. The van der Waals surface area contributed by atoms with Gasteiger partial charge in [-0.05, 0) is 56.9 Å². The zero-order valence-electron chi connectivity index (χ0n) is 15.3. The molecule has 26 heavy (non-hydrogen) atoms. The Morgan fingerprint density at radius 1 is 1.46 bits per heavy atom. The number of nitrogens with zero attached hydrogens (tertiary/aromatic N) is 2. The van der Waals surface area contributed by atoms with Crippen molar-refractivity contribution in [1.29, 1.82) is 0 Å². The smallest absolute Gasteiger partial charge is 0.410 e. The predicted molar refractivity (Wildman–Crippen MR) is 103 cm³/mol. The first-order valence-corrected chi connectivity index (χ1v) is 9.52. The third kappa shape index (κ3) is 4.10. The molecule has 1 fully saturated rings. The molecule has 0 bridgehead atoms. The van der Waals surface area contributed by atoms with Crippen molar-refractivity contribution in [2.75, 3.05) is 6.54 Å². The molecule has 1 atom stereocenters. The lowest BCUT2D eigenvalue weighted by molar-refractivity contribution is 0.0218. The number of aromatic nitrogens is 2. The molecule has 1 aliphatic rings. The monoisotopic (exact) mass is 421 g/mol. The topological polar surface area (TPSA) is 78.4 Å². The van der Waals surface area contributed by atoms with E-state index in [0.717, 1.165) is 40.0 Å². The number of carbonyl (C=O) groups is 1. The molecule has 0 spiro atoms. The number of hydrogen-bond donors (Lipinski definition) is 2. The molecule has 0 saturated carbocycles. The van der Waals surface area contributed by atoms with Crippen LogP contribution in [0.2, 0.25) is 0 Å². The fraction of sp³-hybridized carbons (Fsp3) is 0.474. The number of benzene rings is 1. The number of amides is 1. The molecule has 2 aromatic rings. The second-order valence-corrected chi connectivity index (χ2v) is 8.33. The third-order valence-corrected chi connectivity index (χ3v) is 5.09. The molecule has 1 saturated heterocycles. The van der Waals surface area contributed by atoms with Gasteiger partial charge in [-0.2, -0.15) is 0 Å². The van der Waals surface area contributed by atoms with Crippen LogP contribution in [0.1, 0.15) is 51.0 Å². The van der Waals surface area contributed by atoms with E-state index in [1.54, 1.807) is 11.1 Å². The van der Waals surface area contributed by atoms with Gasteiger partial charge in [0.1, 0.15) is 11.4 Å². The van der Waals surface area contributed by atoms with E-state index in [2.05, 4.69) is 25.9 Å². The Balaban J connectivity index is 1.81. The number of H-pyrrole nitrogens is 1. The average molecular weight is 422 g/mol. The van der Waals surface area contributed by atoms with E-state index in [0.29, 0.717) is 6.54 Å². The van der Waals surface area contributed by atoms with E-state index < -0.39 is 5.60 Å². The molecule has 0 aliphatic carbocycles. The van der Waals surface area contributed by atoms with Crippen LogP contribution < -0.4 is 0 Å². The highest BCUT2D eigenvalue weighted by Crippen LogP contribution is 2.33.